The number of hydrogen-bond donors (Lipinski definition) is 2. The minimum Gasteiger partial charge on any atom is -0.507 e. The van der Waals surface area contributed by atoms with Gasteiger partial charge in [0.05, 0.1) is 31.4 Å². The molecule has 1 saturated heterocycles. The van der Waals surface area contributed by atoms with Crippen LogP contribution in [0.1, 0.15) is 29.7 Å². The van der Waals surface area contributed by atoms with Crippen LogP contribution < -0.4 is 19.7 Å². The number of hydrogen-bond acceptors (Lipinski definition) is 6. The third-order valence-electron chi connectivity index (χ3n) is 5.93. The van der Waals surface area contributed by atoms with Crippen LogP contribution in [0.3, 0.4) is 0 Å². The van der Waals surface area contributed by atoms with Crippen LogP contribution in [-0.4, -0.2) is 36.9 Å². The van der Waals surface area contributed by atoms with Crippen LogP contribution in [0, 0.1) is 6.92 Å². The monoisotopic (exact) mass is 486 g/mol. The fraction of sp³-hybridized carbons (Fsp3) is 0.179. The molecule has 0 radical (unpaired) electrons. The lowest BCUT2D eigenvalue weighted by atomic mass is 9.94. The Morgan fingerprint density at radius 1 is 0.972 bits per heavy atom. The first-order valence-corrected chi connectivity index (χ1v) is 11.2. The highest BCUT2D eigenvalue weighted by atomic mass is 16.5. The molecule has 1 fully saturated rings. The number of nitrogens with one attached hydrogen (secondary N) is 1. The highest BCUT2D eigenvalue weighted by Gasteiger charge is 2.47. The summed E-state index contributed by atoms with van der Waals surface area (Å²) in [7, 11) is 3.01. The van der Waals surface area contributed by atoms with E-state index in [-0.39, 0.29) is 17.2 Å². The van der Waals surface area contributed by atoms with E-state index in [1.54, 1.807) is 67.8 Å². The number of carbonyl (C=O) groups excluding carboxylic acids is 3. The second kappa shape index (κ2) is 9.95. The molecule has 0 aliphatic carbocycles. The number of amides is 2. The summed E-state index contributed by atoms with van der Waals surface area (Å²) in [6.45, 7) is 3.23. The van der Waals surface area contributed by atoms with Gasteiger partial charge in [0.15, 0.2) is 0 Å². The Balaban J connectivity index is 1.95. The maximum absolute atomic E-state index is 13.4. The number of carbonyl (C=O) groups is 3. The fourth-order valence-corrected chi connectivity index (χ4v) is 4.29. The second-order valence-corrected chi connectivity index (χ2v) is 8.38. The SMILES string of the molecule is COc1ccc(C2/C(=C(\O)c3cc(C)ccc3OC)C(=O)C(=O)N2c2cccc(NC(C)=O)c2)cc1. The normalized spacial score (nSPS) is 16.7. The molecule has 8 nitrogen and oxygen atoms in total. The van der Waals surface area contributed by atoms with E-state index >= 15 is 0 Å². The van der Waals surface area contributed by atoms with Crippen molar-refractivity contribution in [3.8, 4) is 11.5 Å². The molecule has 3 aromatic rings. The van der Waals surface area contributed by atoms with Gasteiger partial charge in [-0.25, -0.2) is 0 Å². The zero-order valence-electron chi connectivity index (χ0n) is 20.4. The largest absolute Gasteiger partial charge is 0.507 e. The standard InChI is InChI=1S/C28H26N2O6/c1-16-8-13-23(36-4)22(14-16)26(32)24-25(18-9-11-21(35-3)12-10-18)30(28(34)27(24)33)20-7-5-6-19(15-20)29-17(2)31/h5-15,25,32H,1-4H3,(H,29,31)/b26-24+. The first-order valence-electron chi connectivity index (χ1n) is 11.2. The Kier molecular flexibility index (Phi) is 6.78. The van der Waals surface area contributed by atoms with Crippen molar-refractivity contribution in [1.82, 2.24) is 0 Å². The molecule has 4 rings (SSSR count). The Labute approximate surface area is 208 Å². The van der Waals surface area contributed by atoms with Crippen LogP contribution in [0.4, 0.5) is 11.4 Å². The van der Waals surface area contributed by atoms with Gasteiger partial charge in [-0.3, -0.25) is 19.3 Å². The van der Waals surface area contributed by atoms with E-state index in [4.69, 9.17) is 9.47 Å². The predicted octanol–water partition coefficient (Wildman–Crippen LogP) is 4.60. The van der Waals surface area contributed by atoms with E-state index in [2.05, 4.69) is 5.32 Å². The van der Waals surface area contributed by atoms with Crippen molar-refractivity contribution in [3.05, 3.63) is 89.0 Å². The Morgan fingerprint density at radius 2 is 1.69 bits per heavy atom. The first kappa shape index (κ1) is 24.5. The summed E-state index contributed by atoms with van der Waals surface area (Å²) in [6.07, 6.45) is 0. The van der Waals surface area contributed by atoms with E-state index in [0.717, 1.165) is 5.56 Å². The number of anilines is 2. The van der Waals surface area contributed by atoms with Crippen LogP contribution >= 0.6 is 0 Å². The lowest BCUT2D eigenvalue weighted by Crippen LogP contribution is -2.29. The van der Waals surface area contributed by atoms with Crippen LogP contribution in [0.2, 0.25) is 0 Å². The van der Waals surface area contributed by atoms with E-state index in [9.17, 15) is 19.5 Å². The molecule has 0 saturated carbocycles. The lowest BCUT2D eigenvalue weighted by molar-refractivity contribution is -0.132. The lowest BCUT2D eigenvalue weighted by Gasteiger charge is -2.26. The third kappa shape index (κ3) is 4.53. The second-order valence-electron chi connectivity index (χ2n) is 8.38. The van der Waals surface area contributed by atoms with Gasteiger partial charge in [-0.15, -0.1) is 0 Å². The van der Waals surface area contributed by atoms with Gasteiger partial charge in [-0.2, -0.15) is 0 Å². The maximum atomic E-state index is 13.4. The van der Waals surface area contributed by atoms with Gasteiger partial charge in [-0.1, -0.05) is 29.8 Å². The number of aliphatic hydroxyl groups excluding tert-OH is 1. The zero-order valence-corrected chi connectivity index (χ0v) is 20.4. The zero-order chi connectivity index (χ0) is 26.0. The number of nitrogens with zero attached hydrogens (tertiary/aromatic N) is 1. The molecule has 0 spiro atoms. The number of Topliss-reactive ketones (excluding diaryl/α,β-unsaturated/α-hetero) is 1. The van der Waals surface area contributed by atoms with Gasteiger partial charge in [0.1, 0.15) is 17.3 Å². The number of aryl methyl sites for hydroxylation is 1. The summed E-state index contributed by atoms with van der Waals surface area (Å²) in [4.78, 5) is 39.7. The van der Waals surface area contributed by atoms with Crippen molar-refractivity contribution in [2.24, 2.45) is 0 Å². The van der Waals surface area contributed by atoms with Crippen molar-refractivity contribution >= 4 is 34.7 Å². The summed E-state index contributed by atoms with van der Waals surface area (Å²) < 4.78 is 10.7. The van der Waals surface area contributed by atoms with Gasteiger partial charge < -0.3 is 19.9 Å². The van der Waals surface area contributed by atoms with E-state index in [1.165, 1.54) is 18.9 Å². The molecule has 36 heavy (non-hydrogen) atoms. The molecule has 1 aliphatic rings. The Bertz CT molecular complexity index is 1380. The number of methoxy groups -OCH3 is 2. The van der Waals surface area contributed by atoms with Gasteiger partial charge in [0.2, 0.25) is 5.91 Å². The highest BCUT2D eigenvalue weighted by Crippen LogP contribution is 2.44. The number of rotatable bonds is 6. The first-order chi connectivity index (χ1) is 17.2. The molecule has 184 valence electrons. The molecule has 8 heteroatoms. The molecule has 2 N–H and O–H groups in total. The fourth-order valence-electron chi connectivity index (χ4n) is 4.29. The average molecular weight is 487 g/mol. The minimum atomic E-state index is -0.936. The molecule has 2 amide bonds. The molecular formula is C28H26N2O6. The van der Waals surface area contributed by atoms with Gasteiger partial charge in [-0.05, 0) is 55.0 Å². The van der Waals surface area contributed by atoms with Crippen LogP contribution in [0.5, 0.6) is 11.5 Å². The van der Waals surface area contributed by atoms with Crippen molar-refractivity contribution in [1.29, 1.82) is 0 Å². The number of benzene rings is 3. The van der Waals surface area contributed by atoms with E-state index in [1.807, 2.05) is 13.0 Å². The van der Waals surface area contributed by atoms with E-state index < -0.39 is 17.7 Å². The van der Waals surface area contributed by atoms with E-state index in [0.29, 0.717) is 34.0 Å². The van der Waals surface area contributed by atoms with Crippen LogP contribution in [0.15, 0.2) is 72.3 Å². The van der Waals surface area contributed by atoms with Gasteiger partial charge in [0, 0.05) is 18.3 Å². The maximum Gasteiger partial charge on any atom is 0.300 e. The third-order valence-corrected chi connectivity index (χ3v) is 5.93. The van der Waals surface area contributed by atoms with Crippen molar-refractivity contribution < 1.29 is 29.0 Å². The highest BCUT2D eigenvalue weighted by molar-refractivity contribution is 6.51. The van der Waals surface area contributed by atoms with Crippen molar-refractivity contribution in [3.63, 3.8) is 0 Å². The summed E-state index contributed by atoms with van der Waals surface area (Å²) in [6, 6.07) is 17.8. The molecule has 3 aromatic carbocycles. The summed E-state index contributed by atoms with van der Waals surface area (Å²) in [5.74, 6) is -1.28. The summed E-state index contributed by atoms with van der Waals surface area (Å²) in [5, 5.41) is 14.1. The molecule has 0 aromatic heterocycles. The van der Waals surface area contributed by atoms with Gasteiger partial charge >= 0.3 is 0 Å². The number of ether oxygens (including phenoxy) is 2. The van der Waals surface area contributed by atoms with Crippen molar-refractivity contribution in [2.75, 3.05) is 24.4 Å². The van der Waals surface area contributed by atoms with Crippen molar-refractivity contribution in [2.45, 2.75) is 19.9 Å². The Morgan fingerprint density at radius 3 is 2.33 bits per heavy atom. The minimum absolute atomic E-state index is 0.0704. The molecule has 1 heterocycles. The average Bonchev–Trinajstić information content (AvgIpc) is 3.13. The molecular weight excluding hydrogens is 460 g/mol. The quantitative estimate of drug-likeness (QED) is 0.300. The Hall–Kier alpha value is -4.59. The summed E-state index contributed by atoms with van der Waals surface area (Å²) in [5.41, 5.74) is 2.53. The molecule has 1 unspecified atom stereocenters. The number of ketones is 1. The van der Waals surface area contributed by atoms with Gasteiger partial charge in [0.25, 0.3) is 11.7 Å². The predicted molar refractivity (Wildman–Crippen MR) is 136 cm³/mol. The molecule has 1 aliphatic heterocycles. The van der Waals surface area contributed by atoms with Crippen LogP contribution in [0.25, 0.3) is 5.76 Å². The molecule has 1 atom stereocenters. The molecule has 0 bridgehead atoms. The smallest absolute Gasteiger partial charge is 0.300 e. The summed E-state index contributed by atoms with van der Waals surface area (Å²) >= 11 is 0. The van der Waals surface area contributed by atoms with Crippen LogP contribution in [-0.2, 0) is 14.4 Å². The topological polar surface area (TPSA) is 105 Å². The number of aliphatic hydroxyl groups is 1.